The first-order valence-corrected chi connectivity index (χ1v) is 10.5. The molecule has 0 radical (unpaired) electrons. The van der Waals surface area contributed by atoms with Gasteiger partial charge in [0.1, 0.15) is 5.40 Å². The lowest BCUT2D eigenvalue weighted by Gasteiger charge is -2.24. The Kier molecular flexibility index (Phi) is 12.7. The van der Waals surface area contributed by atoms with Crippen LogP contribution in [-0.2, 0) is 8.85 Å². The van der Waals surface area contributed by atoms with Crippen LogP contribution in [0.4, 0.5) is 0 Å². The normalized spacial score (nSPS) is 13.2. The molecule has 0 N–H and O–H groups in total. The van der Waals surface area contributed by atoms with E-state index in [0.717, 1.165) is 12.5 Å². The van der Waals surface area contributed by atoms with Crippen molar-refractivity contribution in [1.82, 2.24) is 0 Å². The van der Waals surface area contributed by atoms with E-state index in [1.165, 1.54) is 37.4 Å². The summed E-state index contributed by atoms with van der Waals surface area (Å²) >= 11 is 1.40. The van der Waals surface area contributed by atoms with Crippen molar-refractivity contribution < 1.29 is 8.85 Å². The van der Waals surface area contributed by atoms with E-state index in [0.29, 0.717) is 5.25 Å². The first-order valence-electron chi connectivity index (χ1n) is 7.85. The van der Waals surface area contributed by atoms with Gasteiger partial charge in [0.2, 0.25) is 0 Å². The van der Waals surface area contributed by atoms with Gasteiger partial charge in [0, 0.05) is 23.5 Å². The van der Waals surface area contributed by atoms with E-state index < -0.39 is 9.28 Å². The zero-order valence-corrected chi connectivity index (χ0v) is 15.7. The third-order valence-corrected chi connectivity index (χ3v) is 6.76. The van der Waals surface area contributed by atoms with Gasteiger partial charge in [-0.3, -0.25) is 0 Å². The van der Waals surface area contributed by atoms with Gasteiger partial charge >= 0.3 is 9.28 Å². The maximum Gasteiger partial charge on any atom is 0.323 e. The van der Waals surface area contributed by atoms with Gasteiger partial charge in [0.15, 0.2) is 0 Å². The van der Waals surface area contributed by atoms with Gasteiger partial charge in [-0.2, -0.15) is 5.26 Å². The summed E-state index contributed by atoms with van der Waals surface area (Å²) in [5.41, 5.74) is 0. The van der Waals surface area contributed by atoms with Crippen molar-refractivity contribution in [3.63, 3.8) is 0 Å². The Bertz CT molecular complexity index is 259. The lowest BCUT2D eigenvalue weighted by molar-refractivity contribution is 0.129. The van der Waals surface area contributed by atoms with Crippen LogP contribution in [0.2, 0.25) is 6.04 Å². The minimum absolute atomic E-state index is 0.207. The fourth-order valence-corrected chi connectivity index (χ4v) is 5.52. The number of hydrogen-bond acceptors (Lipinski definition) is 4. The maximum absolute atomic E-state index is 8.96. The Morgan fingerprint density at radius 2 is 1.65 bits per heavy atom. The summed E-state index contributed by atoms with van der Waals surface area (Å²) < 4.78 is 11.9. The molecule has 3 nitrogen and oxygen atoms in total. The standard InChI is InChI=1S/C15H31NO2SSi/c1-6-7-8-9-10-15(19-12-16)11-20(17-13(2)3)18-14(4)5/h13-15,20H,6-11H2,1-5H3. The Morgan fingerprint density at radius 1 is 1.05 bits per heavy atom. The van der Waals surface area contributed by atoms with Crippen LogP contribution >= 0.6 is 11.8 Å². The van der Waals surface area contributed by atoms with Crippen molar-refractivity contribution in [2.24, 2.45) is 0 Å². The van der Waals surface area contributed by atoms with Crippen LogP contribution in [0.1, 0.15) is 66.7 Å². The van der Waals surface area contributed by atoms with Gasteiger partial charge in [-0.25, -0.2) is 0 Å². The molecule has 20 heavy (non-hydrogen) atoms. The van der Waals surface area contributed by atoms with Crippen molar-refractivity contribution in [3.05, 3.63) is 0 Å². The average Bonchev–Trinajstić information content (AvgIpc) is 2.33. The molecule has 118 valence electrons. The molecule has 1 unspecified atom stereocenters. The third kappa shape index (κ3) is 11.8. The Hall–Kier alpha value is -0.0231. The Balaban J connectivity index is 4.28. The highest BCUT2D eigenvalue weighted by molar-refractivity contribution is 8.04. The minimum atomic E-state index is -1.67. The molecule has 0 aromatic rings. The molecule has 0 fully saturated rings. The molecule has 0 bridgehead atoms. The van der Waals surface area contributed by atoms with Gasteiger partial charge < -0.3 is 8.85 Å². The highest BCUT2D eigenvalue weighted by Crippen LogP contribution is 2.24. The number of unbranched alkanes of at least 4 members (excludes halogenated alkanes) is 3. The first kappa shape index (κ1) is 20.0. The van der Waals surface area contributed by atoms with Crippen molar-refractivity contribution in [2.75, 3.05) is 0 Å². The van der Waals surface area contributed by atoms with Gasteiger partial charge in [-0.15, -0.1) is 0 Å². The molecule has 0 saturated heterocycles. The molecule has 0 aromatic heterocycles. The van der Waals surface area contributed by atoms with Crippen molar-refractivity contribution in [3.8, 4) is 5.40 Å². The van der Waals surface area contributed by atoms with Gasteiger partial charge in [0.05, 0.1) is 0 Å². The monoisotopic (exact) mass is 317 g/mol. The van der Waals surface area contributed by atoms with Gasteiger partial charge in [0.25, 0.3) is 0 Å². The Labute approximate surface area is 131 Å². The Morgan fingerprint density at radius 3 is 2.10 bits per heavy atom. The predicted molar refractivity (Wildman–Crippen MR) is 90.1 cm³/mol. The molecular formula is C15H31NO2SSi. The lowest BCUT2D eigenvalue weighted by atomic mass is 10.1. The smallest absolute Gasteiger partial charge is 0.323 e. The second-order valence-corrected chi connectivity index (χ2v) is 8.68. The summed E-state index contributed by atoms with van der Waals surface area (Å²) in [6.45, 7) is 10.4. The largest absolute Gasteiger partial charge is 0.394 e. The van der Waals surface area contributed by atoms with Crippen molar-refractivity contribution >= 4 is 21.0 Å². The summed E-state index contributed by atoms with van der Waals surface area (Å²) in [5.74, 6) is 0. The van der Waals surface area contributed by atoms with E-state index in [-0.39, 0.29) is 12.2 Å². The third-order valence-electron chi connectivity index (χ3n) is 2.90. The van der Waals surface area contributed by atoms with Crippen LogP contribution in [0.25, 0.3) is 0 Å². The molecular weight excluding hydrogens is 286 g/mol. The number of nitriles is 1. The minimum Gasteiger partial charge on any atom is -0.394 e. The summed E-state index contributed by atoms with van der Waals surface area (Å²) in [5, 5.41) is 11.6. The SMILES string of the molecule is CCCCCCC(C[SiH](OC(C)C)OC(C)C)SC#N. The maximum atomic E-state index is 8.96. The summed E-state index contributed by atoms with van der Waals surface area (Å²) in [6.07, 6.45) is 6.52. The van der Waals surface area contributed by atoms with E-state index in [4.69, 9.17) is 14.1 Å². The van der Waals surface area contributed by atoms with E-state index in [1.807, 2.05) is 0 Å². The second kappa shape index (κ2) is 12.7. The van der Waals surface area contributed by atoms with E-state index >= 15 is 0 Å². The quantitative estimate of drug-likeness (QED) is 0.299. The van der Waals surface area contributed by atoms with E-state index in [1.54, 1.807) is 0 Å². The zero-order valence-electron chi connectivity index (χ0n) is 13.7. The summed E-state index contributed by atoms with van der Waals surface area (Å²) in [6, 6.07) is 0.931. The number of thiocyanates is 1. The molecule has 0 aromatic carbocycles. The predicted octanol–water partition coefficient (Wildman–Crippen LogP) is 4.61. The van der Waals surface area contributed by atoms with Crippen LogP contribution in [0.5, 0.6) is 0 Å². The fraction of sp³-hybridized carbons (Fsp3) is 0.933. The first-order chi connectivity index (χ1) is 9.49. The molecule has 0 spiro atoms. The van der Waals surface area contributed by atoms with Crippen LogP contribution in [0.3, 0.4) is 0 Å². The second-order valence-electron chi connectivity index (χ2n) is 5.72. The van der Waals surface area contributed by atoms with Gasteiger partial charge in [-0.05, 0) is 45.9 Å². The fourth-order valence-electron chi connectivity index (χ4n) is 2.06. The average molecular weight is 318 g/mol. The highest BCUT2D eigenvalue weighted by atomic mass is 32.2. The van der Waals surface area contributed by atoms with E-state index in [9.17, 15) is 0 Å². The zero-order chi connectivity index (χ0) is 15.4. The van der Waals surface area contributed by atoms with Crippen molar-refractivity contribution in [1.29, 1.82) is 5.26 Å². The van der Waals surface area contributed by atoms with Crippen LogP contribution in [0.15, 0.2) is 0 Å². The topological polar surface area (TPSA) is 42.2 Å². The molecule has 0 rings (SSSR count). The number of thioether (sulfide) groups is 1. The molecule has 0 heterocycles. The van der Waals surface area contributed by atoms with Gasteiger partial charge in [-0.1, -0.05) is 32.6 Å². The van der Waals surface area contributed by atoms with Crippen LogP contribution in [-0.4, -0.2) is 26.7 Å². The van der Waals surface area contributed by atoms with Crippen LogP contribution in [0, 0.1) is 10.7 Å². The van der Waals surface area contributed by atoms with E-state index in [2.05, 4.69) is 40.0 Å². The summed E-state index contributed by atoms with van der Waals surface area (Å²) in [4.78, 5) is 0. The molecule has 5 heteroatoms. The molecule has 0 amide bonds. The molecule has 0 aliphatic carbocycles. The molecule has 0 aliphatic rings. The van der Waals surface area contributed by atoms with Crippen molar-refractivity contribution in [2.45, 2.75) is 90.2 Å². The number of rotatable bonds is 12. The molecule has 0 saturated carbocycles. The number of nitrogens with zero attached hydrogens (tertiary/aromatic N) is 1. The number of hydrogen-bond donors (Lipinski definition) is 0. The molecule has 0 aliphatic heterocycles. The lowest BCUT2D eigenvalue weighted by Crippen LogP contribution is -2.32. The highest BCUT2D eigenvalue weighted by Gasteiger charge is 2.23. The summed E-state index contributed by atoms with van der Waals surface area (Å²) in [7, 11) is -1.67. The molecule has 1 atom stereocenters. The van der Waals surface area contributed by atoms with Crippen LogP contribution < -0.4 is 0 Å².